The first-order chi connectivity index (χ1) is 9.79. The molecule has 1 N–H and O–H groups in total. The van der Waals surface area contributed by atoms with Gasteiger partial charge < -0.3 is 9.73 Å². The third-order valence-electron chi connectivity index (χ3n) is 3.25. The molecule has 0 unspecified atom stereocenters. The Morgan fingerprint density at radius 3 is 2.90 bits per heavy atom. The van der Waals surface area contributed by atoms with E-state index in [4.69, 9.17) is 4.42 Å². The Kier molecular flexibility index (Phi) is 2.60. The summed E-state index contributed by atoms with van der Waals surface area (Å²) in [5, 5.41) is 3.71. The fourth-order valence-electron chi connectivity index (χ4n) is 2.04. The SMILES string of the molecule is O=C(NC1CC1)c1ccc(-c2nc3ccccc3s2)o1. The minimum Gasteiger partial charge on any atom is -0.448 e. The topological polar surface area (TPSA) is 55.1 Å². The lowest BCUT2D eigenvalue weighted by molar-refractivity contribution is 0.0924. The van der Waals surface area contributed by atoms with Crippen LogP contribution in [0.25, 0.3) is 21.0 Å². The standard InChI is InChI=1S/C15H12N2O2S/c18-14(16-9-5-6-9)11-7-8-12(19-11)15-17-10-3-1-2-4-13(10)20-15/h1-4,7-9H,5-6H2,(H,16,18). The molecule has 0 bridgehead atoms. The van der Waals surface area contributed by atoms with E-state index in [0.29, 0.717) is 17.6 Å². The van der Waals surface area contributed by atoms with Crippen molar-refractivity contribution in [2.45, 2.75) is 18.9 Å². The van der Waals surface area contributed by atoms with Gasteiger partial charge in [-0.2, -0.15) is 0 Å². The van der Waals surface area contributed by atoms with Gasteiger partial charge >= 0.3 is 0 Å². The van der Waals surface area contributed by atoms with Gasteiger partial charge in [0.15, 0.2) is 16.5 Å². The minimum absolute atomic E-state index is 0.139. The van der Waals surface area contributed by atoms with Gasteiger partial charge in [0.2, 0.25) is 0 Å². The smallest absolute Gasteiger partial charge is 0.287 e. The first-order valence-electron chi connectivity index (χ1n) is 6.56. The van der Waals surface area contributed by atoms with Gasteiger partial charge in [0.05, 0.1) is 10.2 Å². The Bertz CT molecular complexity index is 753. The van der Waals surface area contributed by atoms with E-state index in [9.17, 15) is 4.79 Å². The van der Waals surface area contributed by atoms with Crippen molar-refractivity contribution in [3.8, 4) is 10.8 Å². The minimum atomic E-state index is -0.139. The van der Waals surface area contributed by atoms with Crippen molar-refractivity contribution in [3.63, 3.8) is 0 Å². The molecule has 1 saturated carbocycles. The lowest BCUT2D eigenvalue weighted by atomic mass is 10.3. The largest absolute Gasteiger partial charge is 0.448 e. The number of furan rings is 1. The quantitative estimate of drug-likeness (QED) is 0.801. The van der Waals surface area contributed by atoms with Crippen LogP contribution in [0.5, 0.6) is 0 Å². The molecule has 100 valence electrons. The summed E-state index contributed by atoms with van der Waals surface area (Å²) in [5.74, 6) is 0.859. The molecule has 0 aliphatic heterocycles. The number of hydrogen-bond donors (Lipinski definition) is 1. The summed E-state index contributed by atoms with van der Waals surface area (Å²) in [6, 6.07) is 11.8. The van der Waals surface area contributed by atoms with Crippen LogP contribution in [0, 0.1) is 0 Å². The van der Waals surface area contributed by atoms with E-state index in [1.165, 1.54) is 0 Å². The third kappa shape index (κ3) is 2.10. The van der Waals surface area contributed by atoms with E-state index >= 15 is 0 Å². The monoisotopic (exact) mass is 284 g/mol. The maximum Gasteiger partial charge on any atom is 0.287 e. The summed E-state index contributed by atoms with van der Waals surface area (Å²) < 4.78 is 6.74. The first-order valence-corrected chi connectivity index (χ1v) is 7.38. The second-order valence-corrected chi connectivity index (χ2v) is 5.93. The van der Waals surface area contributed by atoms with Crippen LogP contribution in [0.3, 0.4) is 0 Å². The molecule has 1 aliphatic carbocycles. The second kappa shape index (κ2) is 4.45. The molecule has 0 saturated heterocycles. The highest BCUT2D eigenvalue weighted by molar-refractivity contribution is 7.21. The Morgan fingerprint density at radius 2 is 2.10 bits per heavy atom. The molecular formula is C15H12N2O2S. The number of amides is 1. The van der Waals surface area contributed by atoms with E-state index in [2.05, 4.69) is 10.3 Å². The van der Waals surface area contributed by atoms with Crippen LogP contribution < -0.4 is 5.32 Å². The molecule has 0 atom stereocenters. The summed E-state index contributed by atoms with van der Waals surface area (Å²) in [4.78, 5) is 16.4. The van der Waals surface area contributed by atoms with Gasteiger partial charge in [-0.1, -0.05) is 12.1 Å². The lowest BCUT2D eigenvalue weighted by Gasteiger charge is -1.98. The van der Waals surface area contributed by atoms with E-state index in [1.54, 1.807) is 23.5 Å². The number of benzene rings is 1. The third-order valence-corrected chi connectivity index (χ3v) is 4.30. The van der Waals surface area contributed by atoms with Crippen LogP contribution in [0.1, 0.15) is 23.4 Å². The fraction of sp³-hybridized carbons (Fsp3) is 0.200. The zero-order chi connectivity index (χ0) is 13.5. The normalized spacial score (nSPS) is 14.6. The van der Waals surface area contributed by atoms with Crippen LogP contribution in [0.4, 0.5) is 0 Å². The van der Waals surface area contributed by atoms with Crippen LogP contribution >= 0.6 is 11.3 Å². The number of fused-ring (bicyclic) bond motifs is 1. The molecule has 1 fully saturated rings. The number of aromatic nitrogens is 1. The summed E-state index contributed by atoms with van der Waals surface area (Å²) in [6.07, 6.45) is 2.13. The summed E-state index contributed by atoms with van der Waals surface area (Å²) in [7, 11) is 0. The number of nitrogens with zero attached hydrogens (tertiary/aromatic N) is 1. The maximum atomic E-state index is 11.9. The predicted octanol–water partition coefficient (Wildman–Crippen LogP) is 3.45. The fourth-order valence-corrected chi connectivity index (χ4v) is 2.96. The van der Waals surface area contributed by atoms with Crippen molar-refractivity contribution in [2.24, 2.45) is 0 Å². The highest BCUT2D eigenvalue weighted by Crippen LogP contribution is 2.31. The highest BCUT2D eigenvalue weighted by atomic mass is 32.1. The van der Waals surface area contributed by atoms with Crippen molar-refractivity contribution < 1.29 is 9.21 Å². The van der Waals surface area contributed by atoms with Crippen molar-refractivity contribution in [1.82, 2.24) is 10.3 Å². The number of rotatable bonds is 3. The van der Waals surface area contributed by atoms with Crippen molar-refractivity contribution in [3.05, 3.63) is 42.2 Å². The van der Waals surface area contributed by atoms with E-state index < -0.39 is 0 Å². The zero-order valence-electron chi connectivity index (χ0n) is 10.6. The zero-order valence-corrected chi connectivity index (χ0v) is 11.4. The van der Waals surface area contributed by atoms with Gasteiger partial charge in [-0.25, -0.2) is 4.98 Å². The predicted molar refractivity (Wildman–Crippen MR) is 77.8 cm³/mol. The Morgan fingerprint density at radius 1 is 1.25 bits per heavy atom. The number of carbonyl (C=O) groups excluding carboxylic acids is 1. The molecule has 1 aromatic carbocycles. The van der Waals surface area contributed by atoms with E-state index in [0.717, 1.165) is 28.1 Å². The van der Waals surface area contributed by atoms with Crippen LogP contribution in [0.2, 0.25) is 0 Å². The van der Waals surface area contributed by atoms with Crippen molar-refractivity contribution >= 4 is 27.5 Å². The number of carbonyl (C=O) groups is 1. The molecule has 20 heavy (non-hydrogen) atoms. The molecular weight excluding hydrogens is 272 g/mol. The van der Waals surface area contributed by atoms with Crippen LogP contribution in [0.15, 0.2) is 40.8 Å². The molecule has 1 aliphatic rings. The van der Waals surface area contributed by atoms with Gasteiger partial charge in [0.1, 0.15) is 0 Å². The summed E-state index contributed by atoms with van der Waals surface area (Å²) in [5.41, 5.74) is 0.952. The number of para-hydroxylation sites is 1. The molecule has 0 spiro atoms. The van der Waals surface area contributed by atoms with Crippen LogP contribution in [-0.4, -0.2) is 16.9 Å². The molecule has 3 aromatic rings. The Balaban J connectivity index is 1.64. The maximum absolute atomic E-state index is 11.9. The molecule has 5 heteroatoms. The summed E-state index contributed by atoms with van der Waals surface area (Å²) >= 11 is 1.57. The van der Waals surface area contributed by atoms with E-state index in [1.807, 2.05) is 24.3 Å². The van der Waals surface area contributed by atoms with Gasteiger partial charge in [-0.3, -0.25) is 4.79 Å². The average molecular weight is 284 g/mol. The number of hydrogen-bond acceptors (Lipinski definition) is 4. The number of nitrogens with one attached hydrogen (secondary N) is 1. The first kappa shape index (κ1) is 11.7. The van der Waals surface area contributed by atoms with Gasteiger partial charge in [-0.05, 0) is 37.1 Å². The molecule has 1 amide bonds. The van der Waals surface area contributed by atoms with Crippen LogP contribution in [-0.2, 0) is 0 Å². The second-order valence-electron chi connectivity index (χ2n) is 4.90. The molecule has 2 aromatic heterocycles. The summed E-state index contributed by atoms with van der Waals surface area (Å²) in [6.45, 7) is 0. The average Bonchev–Trinajstić information content (AvgIpc) is 3.00. The van der Waals surface area contributed by atoms with Gasteiger partial charge in [0, 0.05) is 6.04 Å². The van der Waals surface area contributed by atoms with Crippen molar-refractivity contribution in [1.29, 1.82) is 0 Å². The van der Waals surface area contributed by atoms with Crippen molar-refractivity contribution in [2.75, 3.05) is 0 Å². The number of thiazole rings is 1. The Hall–Kier alpha value is -2.14. The Labute approximate surface area is 119 Å². The van der Waals surface area contributed by atoms with Gasteiger partial charge in [0.25, 0.3) is 5.91 Å². The van der Waals surface area contributed by atoms with Gasteiger partial charge in [-0.15, -0.1) is 11.3 Å². The highest BCUT2D eigenvalue weighted by Gasteiger charge is 2.25. The lowest BCUT2D eigenvalue weighted by Crippen LogP contribution is -2.24. The van der Waals surface area contributed by atoms with E-state index in [-0.39, 0.29) is 5.91 Å². The molecule has 0 radical (unpaired) electrons. The molecule has 4 rings (SSSR count). The molecule has 2 heterocycles. The molecule has 4 nitrogen and oxygen atoms in total.